The van der Waals surface area contributed by atoms with Crippen molar-refractivity contribution in [2.75, 3.05) is 11.1 Å². The number of benzene rings is 3. The molecule has 4 aromatic rings. The number of nitrogens with zero attached hydrogens (tertiary/aromatic N) is 3. The van der Waals surface area contributed by atoms with Crippen LogP contribution >= 0.6 is 11.8 Å². The summed E-state index contributed by atoms with van der Waals surface area (Å²) in [5.41, 5.74) is 3.86. The van der Waals surface area contributed by atoms with Crippen LogP contribution in [0, 0.1) is 19.7 Å². The van der Waals surface area contributed by atoms with Crippen molar-refractivity contribution in [3.8, 4) is 5.69 Å². The quantitative estimate of drug-likeness (QED) is 0.351. The average Bonchev–Trinajstić information content (AvgIpc) is 3.24. The van der Waals surface area contributed by atoms with Gasteiger partial charge in [0.15, 0.2) is 11.0 Å². The third kappa shape index (κ3) is 6.33. The summed E-state index contributed by atoms with van der Waals surface area (Å²) in [6, 6.07) is 20.8. The van der Waals surface area contributed by atoms with Gasteiger partial charge in [0, 0.05) is 16.9 Å². The van der Waals surface area contributed by atoms with E-state index in [1.807, 2.05) is 66.9 Å². The van der Waals surface area contributed by atoms with E-state index in [1.165, 1.54) is 36.0 Å². The van der Waals surface area contributed by atoms with E-state index >= 15 is 0 Å². The highest BCUT2D eigenvalue weighted by atomic mass is 32.2. The molecule has 4 rings (SSSR count). The maximum absolute atomic E-state index is 13.5. The van der Waals surface area contributed by atoms with Gasteiger partial charge in [-0.05, 0) is 67.4 Å². The maximum Gasteiger partial charge on any atom is 0.251 e. The first-order valence-electron chi connectivity index (χ1n) is 10.9. The van der Waals surface area contributed by atoms with Gasteiger partial charge in [0.1, 0.15) is 5.82 Å². The van der Waals surface area contributed by atoms with Gasteiger partial charge in [0.2, 0.25) is 5.91 Å². The second-order valence-corrected chi connectivity index (χ2v) is 8.92. The van der Waals surface area contributed by atoms with Gasteiger partial charge in [-0.2, -0.15) is 0 Å². The molecule has 7 nitrogen and oxygen atoms in total. The van der Waals surface area contributed by atoms with Crippen molar-refractivity contribution in [3.63, 3.8) is 0 Å². The van der Waals surface area contributed by atoms with Crippen LogP contribution in [0.3, 0.4) is 0 Å². The number of carbonyl (C=O) groups excluding carboxylic acids is 2. The fourth-order valence-corrected chi connectivity index (χ4v) is 4.25. The molecule has 0 aliphatic rings. The topological polar surface area (TPSA) is 88.9 Å². The summed E-state index contributed by atoms with van der Waals surface area (Å²) < 4.78 is 15.3. The van der Waals surface area contributed by atoms with Crippen molar-refractivity contribution in [1.29, 1.82) is 0 Å². The Labute approximate surface area is 206 Å². The number of rotatable bonds is 8. The van der Waals surface area contributed by atoms with E-state index in [4.69, 9.17) is 0 Å². The highest BCUT2D eigenvalue weighted by Crippen LogP contribution is 2.23. The Kier molecular flexibility index (Phi) is 7.57. The summed E-state index contributed by atoms with van der Waals surface area (Å²) in [6.45, 7) is 4.01. The van der Waals surface area contributed by atoms with E-state index < -0.39 is 11.7 Å². The first kappa shape index (κ1) is 24.2. The first-order valence-corrected chi connectivity index (χ1v) is 11.9. The van der Waals surface area contributed by atoms with Crippen molar-refractivity contribution in [2.45, 2.75) is 25.5 Å². The van der Waals surface area contributed by atoms with Gasteiger partial charge >= 0.3 is 0 Å². The van der Waals surface area contributed by atoms with Crippen LogP contribution in [-0.2, 0) is 11.3 Å². The van der Waals surface area contributed by atoms with Gasteiger partial charge in [0.05, 0.1) is 12.3 Å². The van der Waals surface area contributed by atoms with Gasteiger partial charge in [-0.1, -0.05) is 42.1 Å². The van der Waals surface area contributed by atoms with Crippen molar-refractivity contribution in [1.82, 2.24) is 20.1 Å². The van der Waals surface area contributed by atoms with E-state index in [2.05, 4.69) is 20.8 Å². The summed E-state index contributed by atoms with van der Waals surface area (Å²) >= 11 is 1.25. The summed E-state index contributed by atoms with van der Waals surface area (Å²) in [6.07, 6.45) is 0. The molecule has 0 saturated heterocycles. The minimum Gasteiger partial charge on any atom is -0.345 e. The molecule has 3 aromatic carbocycles. The van der Waals surface area contributed by atoms with Crippen molar-refractivity contribution >= 4 is 29.3 Å². The van der Waals surface area contributed by atoms with Crippen molar-refractivity contribution in [3.05, 3.63) is 101 Å². The number of thioether (sulfide) groups is 1. The van der Waals surface area contributed by atoms with Gasteiger partial charge in [-0.25, -0.2) is 4.39 Å². The molecule has 0 atom stereocenters. The lowest BCUT2D eigenvalue weighted by molar-refractivity contribution is -0.113. The summed E-state index contributed by atoms with van der Waals surface area (Å²) in [5.74, 6) is -0.450. The van der Waals surface area contributed by atoms with E-state index in [-0.39, 0.29) is 23.8 Å². The Bertz CT molecular complexity index is 1370. The molecule has 0 saturated carbocycles. The SMILES string of the molecule is Cc1cccc(NC(=O)CSc2nnc(CNC(=O)c3cccc(F)c3)n2-c2cccc(C)c2)c1. The second kappa shape index (κ2) is 11.0. The third-order valence-electron chi connectivity index (χ3n) is 5.09. The zero-order chi connectivity index (χ0) is 24.8. The molecule has 1 aromatic heterocycles. The van der Waals surface area contributed by atoms with Crippen molar-refractivity contribution in [2.24, 2.45) is 0 Å². The molecule has 0 spiro atoms. The highest BCUT2D eigenvalue weighted by Gasteiger charge is 2.17. The zero-order valence-corrected chi connectivity index (χ0v) is 20.1. The minimum atomic E-state index is -0.483. The first-order chi connectivity index (χ1) is 16.9. The normalized spacial score (nSPS) is 10.7. The molecule has 9 heteroatoms. The smallest absolute Gasteiger partial charge is 0.251 e. The Hall–Kier alpha value is -3.98. The lowest BCUT2D eigenvalue weighted by atomic mass is 10.2. The van der Waals surface area contributed by atoms with Crippen LogP contribution in [-0.4, -0.2) is 32.3 Å². The third-order valence-corrected chi connectivity index (χ3v) is 6.02. The molecule has 2 N–H and O–H groups in total. The number of hydrogen-bond donors (Lipinski definition) is 2. The Morgan fingerprint density at radius 3 is 2.43 bits per heavy atom. The molecule has 0 unspecified atom stereocenters. The zero-order valence-electron chi connectivity index (χ0n) is 19.3. The number of nitrogens with one attached hydrogen (secondary N) is 2. The molecule has 2 amide bonds. The molecule has 1 heterocycles. The predicted octanol–water partition coefficient (Wildman–Crippen LogP) is 4.68. The van der Waals surface area contributed by atoms with Crippen LogP contribution in [0.15, 0.2) is 78.0 Å². The fraction of sp³-hybridized carbons (Fsp3) is 0.154. The van der Waals surface area contributed by atoms with Crippen LogP contribution < -0.4 is 10.6 Å². The van der Waals surface area contributed by atoms with Crippen LogP contribution in [0.1, 0.15) is 27.3 Å². The predicted molar refractivity (Wildman–Crippen MR) is 134 cm³/mol. The van der Waals surface area contributed by atoms with Crippen LogP contribution in [0.25, 0.3) is 5.69 Å². The summed E-state index contributed by atoms with van der Waals surface area (Å²) in [4.78, 5) is 25.0. The Morgan fingerprint density at radius 1 is 0.943 bits per heavy atom. The molecule has 0 bridgehead atoms. The molecule has 0 radical (unpaired) electrons. The molecular weight excluding hydrogens is 465 g/mol. The van der Waals surface area contributed by atoms with Crippen LogP contribution in [0.5, 0.6) is 0 Å². The number of amides is 2. The van der Waals surface area contributed by atoms with E-state index in [9.17, 15) is 14.0 Å². The number of aromatic nitrogens is 3. The second-order valence-electron chi connectivity index (χ2n) is 7.97. The van der Waals surface area contributed by atoms with Gasteiger partial charge in [-0.3, -0.25) is 14.2 Å². The molecule has 0 fully saturated rings. The Balaban J connectivity index is 1.51. The van der Waals surface area contributed by atoms with E-state index in [0.717, 1.165) is 22.5 Å². The lowest BCUT2D eigenvalue weighted by Crippen LogP contribution is -2.24. The number of carbonyl (C=O) groups is 2. The van der Waals surface area contributed by atoms with E-state index in [0.29, 0.717) is 11.0 Å². The Morgan fingerprint density at radius 2 is 1.69 bits per heavy atom. The average molecular weight is 490 g/mol. The largest absolute Gasteiger partial charge is 0.345 e. The molecule has 178 valence electrons. The number of hydrogen-bond acceptors (Lipinski definition) is 5. The van der Waals surface area contributed by atoms with Crippen LogP contribution in [0.2, 0.25) is 0 Å². The van der Waals surface area contributed by atoms with Gasteiger partial charge < -0.3 is 10.6 Å². The molecular formula is C26H24FN5O2S. The fourth-order valence-electron chi connectivity index (χ4n) is 3.48. The lowest BCUT2D eigenvalue weighted by Gasteiger charge is -2.12. The molecule has 0 aliphatic carbocycles. The number of anilines is 1. The van der Waals surface area contributed by atoms with Gasteiger partial charge in [-0.15, -0.1) is 10.2 Å². The van der Waals surface area contributed by atoms with Crippen LogP contribution in [0.4, 0.5) is 10.1 Å². The molecule has 35 heavy (non-hydrogen) atoms. The van der Waals surface area contributed by atoms with Crippen molar-refractivity contribution < 1.29 is 14.0 Å². The number of halogens is 1. The minimum absolute atomic E-state index is 0.0757. The highest BCUT2D eigenvalue weighted by molar-refractivity contribution is 7.99. The van der Waals surface area contributed by atoms with Gasteiger partial charge in [0.25, 0.3) is 5.91 Å². The molecule has 0 aliphatic heterocycles. The maximum atomic E-state index is 13.5. The number of aryl methyl sites for hydroxylation is 2. The summed E-state index contributed by atoms with van der Waals surface area (Å²) in [5, 5.41) is 14.7. The summed E-state index contributed by atoms with van der Waals surface area (Å²) in [7, 11) is 0. The monoisotopic (exact) mass is 489 g/mol. The standard InChI is InChI=1S/C26H24FN5O2S/c1-17-6-3-10-21(12-17)29-24(33)16-35-26-31-30-23(32(26)22-11-4-7-18(2)13-22)15-28-25(34)19-8-5-9-20(27)14-19/h3-14H,15-16H2,1-2H3,(H,28,34)(H,29,33). The van der Waals surface area contributed by atoms with E-state index in [1.54, 1.807) is 0 Å².